The molecule has 0 bridgehead atoms. The summed E-state index contributed by atoms with van der Waals surface area (Å²) in [7, 11) is 0. The minimum Gasteiger partial charge on any atom is -0.462 e. The Hall–Kier alpha value is -3.34. The molecule has 5 rings (SSSR count). The largest absolute Gasteiger partial charge is 0.462 e. The van der Waals surface area contributed by atoms with Gasteiger partial charge in [-0.2, -0.15) is 18.3 Å². The number of aryl methyl sites for hydroxylation is 1. The number of hydrogen-bond donors (Lipinski definition) is 2. The van der Waals surface area contributed by atoms with Gasteiger partial charge in [-0.25, -0.2) is 9.48 Å². The Bertz CT molecular complexity index is 1270. The van der Waals surface area contributed by atoms with E-state index in [0.29, 0.717) is 22.5 Å². The molecule has 0 spiro atoms. The van der Waals surface area contributed by atoms with Crippen LogP contribution in [0.15, 0.2) is 36.4 Å². The van der Waals surface area contributed by atoms with Crippen molar-refractivity contribution in [2.24, 2.45) is 0 Å². The lowest BCUT2D eigenvalue weighted by molar-refractivity contribution is -0.173. The molecule has 35 heavy (non-hydrogen) atoms. The normalized spacial score (nSPS) is 19.0. The number of carbonyl (C=O) groups excluding carboxylic acids is 2. The summed E-state index contributed by atoms with van der Waals surface area (Å²) in [5.74, 6) is -1.09. The number of thiophene rings is 1. The number of alkyl halides is 3. The number of aromatic nitrogens is 2. The minimum atomic E-state index is -4.55. The Morgan fingerprint density at radius 1 is 1.26 bits per heavy atom. The van der Waals surface area contributed by atoms with Gasteiger partial charge < -0.3 is 15.4 Å². The zero-order chi connectivity index (χ0) is 24.7. The number of esters is 1. The number of nitrogens with one attached hydrogen (secondary N) is 2. The molecule has 1 aromatic carbocycles. The summed E-state index contributed by atoms with van der Waals surface area (Å²) >= 11 is 1.30. The molecule has 0 radical (unpaired) electrons. The standard InChI is InChI=1S/C24H23F3N4O3S/c1-2-34-23(33)20-14-9-6-10-17(14)35-22(20)29-21(32)16-12-19-28-15(13-7-4-3-5-8-13)11-18(24(25,26)27)31(19)30-16/h3-5,7-8,12,15,18,28H,2,6,9-11H2,1H3,(H,29,32)/t15-,18-/m0/s1. The fourth-order valence-corrected chi connectivity index (χ4v) is 5.94. The maximum atomic E-state index is 13.9. The molecular weight excluding hydrogens is 481 g/mol. The number of benzene rings is 1. The van der Waals surface area contributed by atoms with Crippen LogP contribution in [0.3, 0.4) is 0 Å². The van der Waals surface area contributed by atoms with E-state index in [1.807, 2.05) is 0 Å². The molecule has 184 valence electrons. The highest BCUT2D eigenvalue weighted by atomic mass is 32.1. The predicted octanol–water partition coefficient (Wildman–Crippen LogP) is 5.52. The van der Waals surface area contributed by atoms with Gasteiger partial charge >= 0.3 is 12.1 Å². The lowest BCUT2D eigenvalue weighted by Crippen LogP contribution is -2.35. The van der Waals surface area contributed by atoms with Gasteiger partial charge in [0.25, 0.3) is 5.91 Å². The summed E-state index contributed by atoms with van der Waals surface area (Å²) in [5, 5.41) is 10.1. The van der Waals surface area contributed by atoms with Crippen molar-refractivity contribution in [1.82, 2.24) is 9.78 Å². The zero-order valence-electron chi connectivity index (χ0n) is 18.8. The van der Waals surface area contributed by atoms with Gasteiger partial charge in [-0.1, -0.05) is 30.3 Å². The van der Waals surface area contributed by atoms with E-state index >= 15 is 0 Å². The summed E-state index contributed by atoms with van der Waals surface area (Å²) in [4.78, 5) is 26.6. The monoisotopic (exact) mass is 504 g/mol. The number of fused-ring (bicyclic) bond motifs is 2. The molecule has 2 N–H and O–H groups in total. The average Bonchev–Trinajstić information content (AvgIpc) is 3.52. The number of halogens is 3. The van der Waals surface area contributed by atoms with Crippen LogP contribution in [0, 0.1) is 0 Å². The van der Waals surface area contributed by atoms with E-state index in [-0.39, 0.29) is 24.5 Å². The molecule has 3 heterocycles. The SMILES string of the molecule is CCOC(=O)c1c(NC(=O)c2cc3n(n2)[C@H](C(F)(F)F)C[C@@H](c2ccccc2)N3)sc2c1CCC2. The fourth-order valence-electron chi connectivity index (χ4n) is 4.67. The second-order valence-electron chi connectivity index (χ2n) is 8.50. The van der Waals surface area contributed by atoms with Crippen LogP contribution in [0.5, 0.6) is 0 Å². The molecule has 0 unspecified atom stereocenters. The Morgan fingerprint density at radius 2 is 2.03 bits per heavy atom. The van der Waals surface area contributed by atoms with Gasteiger partial charge in [0.15, 0.2) is 11.7 Å². The fraction of sp³-hybridized carbons (Fsp3) is 0.375. The number of nitrogens with zero attached hydrogens (tertiary/aromatic N) is 2. The summed E-state index contributed by atoms with van der Waals surface area (Å²) in [5.41, 5.74) is 1.75. The molecule has 2 aromatic heterocycles. The van der Waals surface area contributed by atoms with Crippen LogP contribution in [0.2, 0.25) is 0 Å². The maximum Gasteiger partial charge on any atom is 0.410 e. The molecule has 0 saturated heterocycles. The van der Waals surface area contributed by atoms with E-state index in [1.165, 1.54) is 17.4 Å². The van der Waals surface area contributed by atoms with Crippen LogP contribution in [0.25, 0.3) is 0 Å². The van der Waals surface area contributed by atoms with E-state index in [9.17, 15) is 22.8 Å². The highest BCUT2D eigenvalue weighted by Crippen LogP contribution is 2.44. The van der Waals surface area contributed by atoms with Crippen molar-refractivity contribution in [3.05, 3.63) is 63.7 Å². The van der Waals surface area contributed by atoms with E-state index < -0.39 is 30.1 Å². The molecule has 3 aromatic rings. The maximum absolute atomic E-state index is 13.9. The molecule has 2 atom stereocenters. The topological polar surface area (TPSA) is 85.2 Å². The first-order valence-corrected chi connectivity index (χ1v) is 12.2. The second kappa shape index (κ2) is 9.03. The first kappa shape index (κ1) is 23.4. The van der Waals surface area contributed by atoms with E-state index in [2.05, 4.69) is 15.7 Å². The Morgan fingerprint density at radius 3 is 2.74 bits per heavy atom. The van der Waals surface area contributed by atoms with Gasteiger partial charge in [0.2, 0.25) is 0 Å². The van der Waals surface area contributed by atoms with Crippen molar-refractivity contribution in [3.63, 3.8) is 0 Å². The second-order valence-corrected chi connectivity index (χ2v) is 9.60. The lowest BCUT2D eigenvalue weighted by atomic mass is 9.97. The van der Waals surface area contributed by atoms with Crippen LogP contribution in [0.1, 0.15) is 68.7 Å². The zero-order valence-corrected chi connectivity index (χ0v) is 19.6. The highest BCUT2D eigenvalue weighted by Gasteiger charge is 2.47. The molecular formula is C24H23F3N4O3S. The minimum absolute atomic E-state index is 0.108. The van der Waals surface area contributed by atoms with Crippen molar-refractivity contribution >= 4 is 34.0 Å². The van der Waals surface area contributed by atoms with Gasteiger partial charge in [0.05, 0.1) is 18.2 Å². The van der Waals surface area contributed by atoms with Crippen molar-refractivity contribution in [2.45, 2.75) is 50.9 Å². The van der Waals surface area contributed by atoms with Crippen LogP contribution < -0.4 is 10.6 Å². The lowest BCUT2D eigenvalue weighted by Gasteiger charge is -2.33. The van der Waals surface area contributed by atoms with Crippen LogP contribution in [-0.2, 0) is 17.6 Å². The number of anilines is 2. The van der Waals surface area contributed by atoms with Gasteiger partial charge in [0, 0.05) is 17.4 Å². The molecule has 0 saturated carbocycles. The van der Waals surface area contributed by atoms with Gasteiger partial charge in [0.1, 0.15) is 10.8 Å². The molecule has 1 aliphatic heterocycles. The molecule has 0 fully saturated rings. The van der Waals surface area contributed by atoms with Crippen molar-refractivity contribution in [1.29, 1.82) is 0 Å². The quantitative estimate of drug-likeness (QED) is 0.447. The Balaban J connectivity index is 1.45. The van der Waals surface area contributed by atoms with Gasteiger partial charge in [-0.15, -0.1) is 11.3 Å². The van der Waals surface area contributed by atoms with Crippen LogP contribution in [0.4, 0.5) is 24.0 Å². The van der Waals surface area contributed by atoms with E-state index in [1.54, 1.807) is 37.3 Å². The van der Waals surface area contributed by atoms with Gasteiger partial charge in [-0.05, 0) is 37.3 Å². The van der Waals surface area contributed by atoms with E-state index in [0.717, 1.165) is 28.0 Å². The Labute approximate surface area is 203 Å². The number of hydrogen-bond acceptors (Lipinski definition) is 6. The Kier molecular flexibility index (Phi) is 6.04. The third-order valence-corrected chi connectivity index (χ3v) is 7.46. The molecule has 1 amide bonds. The predicted molar refractivity (Wildman–Crippen MR) is 125 cm³/mol. The first-order valence-electron chi connectivity index (χ1n) is 11.4. The number of amides is 1. The number of ether oxygens (including phenoxy) is 1. The van der Waals surface area contributed by atoms with Crippen molar-refractivity contribution < 1.29 is 27.5 Å². The highest BCUT2D eigenvalue weighted by molar-refractivity contribution is 7.17. The molecule has 11 heteroatoms. The molecule has 2 aliphatic rings. The summed E-state index contributed by atoms with van der Waals surface area (Å²) in [6.07, 6.45) is -2.36. The van der Waals surface area contributed by atoms with Crippen molar-refractivity contribution in [2.75, 3.05) is 17.2 Å². The molecule has 1 aliphatic carbocycles. The summed E-state index contributed by atoms with van der Waals surface area (Å²) in [6, 6.07) is 7.70. The molecule has 7 nitrogen and oxygen atoms in total. The summed E-state index contributed by atoms with van der Waals surface area (Å²) < 4.78 is 47.8. The van der Waals surface area contributed by atoms with Crippen LogP contribution >= 0.6 is 11.3 Å². The van der Waals surface area contributed by atoms with Crippen LogP contribution in [-0.4, -0.2) is 34.4 Å². The van der Waals surface area contributed by atoms with Gasteiger partial charge in [-0.3, -0.25) is 4.79 Å². The summed E-state index contributed by atoms with van der Waals surface area (Å²) in [6.45, 7) is 1.89. The van der Waals surface area contributed by atoms with Crippen molar-refractivity contribution in [3.8, 4) is 0 Å². The smallest absolute Gasteiger partial charge is 0.410 e. The average molecular weight is 505 g/mol. The third-order valence-electron chi connectivity index (χ3n) is 6.25. The first-order chi connectivity index (χ1) is 16.8. The number of rotatable bonds is 5. The van der Waals surface area contributed by atoms with E-state index in [4.69, 9.17) is 4.74 Å². The number of carbonyl (C=O) groups is 2. The third kappa shape index (κ3) is 4.40.